The quantitative estimate of drug-likeness (QED) is 0.656. The molecule has 2 rings (SSSR count). The minimum atomic E-state index is -0.221. The Morgan fingerprint density at radius 2 is 1.91 bits per heavy atom. The fourth-order valence-electron chi connectivity index (χ4n) is 1.72. The molecular weight excluding hydrogens is 328 g/mol. The maximum Gasteiger partial charge on any atom is 0.286 e. The number of hydrogen-bond donors (Lipinski definition) is 1. The maximum atomic E-state index is 12.1. The van der Waals surface area contributed by atoms with Crippen LogP contribution in [-0.2, 0) is 4.79 Å². The Labute approximate surface area is 144 Å². The highest BCUT2D eigenvalue weighted by Crippen LogP contribution is 2.28. The Balaban J connectivity index is 2.06. The molecule has 2 aromatic rings. The van der Waals surface area contributed by atoms with Crippen molar-refractivity contribution in [3.63, 3.8) is 0 Å². The van der Waals surface area contributed by atoms with E-state index in [1.54, 1.807) is 37.6 Å². The minimum Gasteiger partial charge on any atom is -0.339 e. The molecule has 0 saturated heterocycles. The van der Waals surface area contributed by atoms with E-state index in [0.29, 0.717) is 5.69 Å². The van der Waals surface area contributed by atoms with Gasteiger partial charge in [0.2, 0.25) is 5.91 Å². The van der Waals surface area contributed by atoms with Crippen LogP contribution in [0.3, 0.4) is 0 Å². The minimum absolute atomic E-state index is 0.0868. The van der Waals surface area contributed by atoms with Crippen LogP contribution in [0.4, 0.5) is 10.5 Å². The van der Waals surface area contributed by atoms with Gasteiger partial charge in [-0.2, -0.15) is 0 Å². The first kappa shape index (κ1) is 17.3. The summed E-state index contributed by atoms with van der Waals surface area (Å²) in [4.78, 5) is 28.4. The first-order valence-corrected chi connectivity index (χ1v) is 8.62. The van der Waals surface area contributed by atoms with Crippen molar-refractivity contribution in [1.29, 1.82) is 0 Å². The van der Waals surface area contributed by atoms with E-state index in [-0.39, 0.29) is 11.1 Å². The molecular formula is C17H18N2O2S2. The predicted octanol–water partition coefficient (Wildman–Crippen LogP) is 4.48. The summed E-state index contributed by atoms with van der Waals surface area (Å²) in [5.74, 6) is -0.221. The summed E-state index contributed by atoms with van der Waals surface area (Å²) in [6.07, 6.45) is 3.29. The average molecular weight is 346 g/mol. The SMILES string of the molecule is Cc1ccc(C=CC(=O)Nc2ccccc2SC(=O)N(C)C)s1. The predicted molar refractivity (Wildman–Crippen MR) is 98.1 cm³/mol. The van der Waals surface area contributed by atoms with E-state index >= 15 is 0 Å². The van der Waals surface area contributed by atoms with E-state index in [2.05, 4.69) is 5.32 Å². The third-order valence-electron chi connectivity index (χ3n) is 2.87. The van der Waals surface area contributed by atoms with Gasteiger partial charge >= 0.3 is 0 Å². The van der Waals surface area contributed by atoms with Crippen molar-refractivity contribution >= 4 is 46.0 Å². The van der Waals surface area contributed by atoms with Crippen LogP contribution in [0.5, 0.6) is 0 Å². The van der Waals surface area contributed by atoms with Crippen molar-refractivity contribution in [3.8, 4) is 0 Å². The lowest BCUT2D eigenvalue weighted by Crippen LogP contribution is -2.16. The van der Waals surface area contributed by atoms with Gasteiger partial charge in [0.05, 0.1) is 5.69 Å². The molecule has 0 aliphatic carbocycles. The molecule has 1 aromatic heterocycles. The Kier molecular flexibility index (Phi) is 6.01. The zero-order valence-electron chi connectivity index (χ0n) is 13.2. The van der Waals surface area contributed by atoms with E-state index in [9.17, 15) is 9.59 Å². The van der Waals surface area contributed by atoms with Gasteiger partial charge < -0.3 is 10.2 Å². The van der Waals surface area contributed by atoms with Gasteiger partial charge in [-0.15, -0.1) is 11.3 Å². The smallest absolute Gasteiger partial charge is 0.286 e. The number of benzene rings is 1. The molecule has 0 atom stereocenters. The molecule has 120 valence electrons. The van der Waals surface area contributed by atoms with Crippen molar-refractivity contribution < 1.29 is 9.59 Å². The molecule has 0 radical (unpaired) electrons. The Morgan fingerprint density at radius 1 is 1.17 bits per heavy atom. The molecule has 2 amide bonds. The van der Waals surface area contributed by atoms with Crippen LogP contribution in [0.2, 0.25) is 0 Å². The Bertz CT molecular complexity index is 736. The van der Waals surface area contributed by atoms with Gasteiger partial charge in [-0.05, 0) is 49.0 Å². The Hall–Kier alpha value is -2.05. The maximum absolute atomic E-state index is 12.1. The van der Waals surface area contributed by atoms with Crippen LogP contribution in [0.15, 0.2) is 47.4 Å². The van der Waals surface area contributed by atoms with Crippen LogP contribution in [0.1, 0.15) is 9.75 Å². The summed E-state index contributed by atoms with van der Waals surface area (Å²) in [6.45, 7) is 2.03. The van der Waals surface area contributed by atoms with Gasteiger partial charge in [0.25, 0.3) is 5.24 Å². The summed E-state index contributed by atoms with van der Waals surface area (Å²) in [5.41, 5.74) is 0.629. The number of thioether (sulfide) groups is 1. The second-order valence-electron chi connectivity index (χ2n) is 5.03. The molecule has 4 nitrogen and oxygen atoms in total. The molecule has 0 aliphatic heterocycles. The lowest BCUT2D eigenvalue weighted by Gasteiger charge is -2.12. The first-order valence-electron chi connectivity index (χ1n) is 6.99. The lowest BCUT2D eigenvalue weighted by molar-refractivity contribution is -0.111. The number of nitrogens with one attached hydrogen (secondary N) is 1. The summed E-state index contributed by atoms with van der Waals surface area (Å²) in [5, 5.41) is 2.73. The number of nitrogens with zero attached hydrogens (tertiary/aromatic N) is 1. The molecule has 23 heavy (non-hydrogen) atoms. The topological polar surface area (TPSA) is 49.4 Å². The fraction of sp³-hybridized carbons (Fsp3) is 0.176. The molecule has 1 aromatic carbocycles. The molecule has 0 bridgehead atoms. The average Bonchev–Trinajstić information content (AvgIpc) is 2.92. The summed E-state index contributed by atoms with van der Waals surface area (Å²) < 4.78 is 0. The summed E-state index contributed by atoms with van der Waals surface area (Å²) in [7, 11) is 3.39. The van der Waals surface area contributed by atoms with Crippen LogP contribution < -0.4 is 5.32 Å². The van der Waals surface area contributed by atoms with Crippen molar-refractivity contribution in [3.05, 3.63) is 52.2 Å². The number of carbonyl (C=O) groups is 2. The van der Waals surface area contributed by atoms with Gasteiger partial charge in [0.1, 0.15) is 0 Å². The summed E-state index contributed by atoms with van der Waals surface area (Å²) >= 11 is 2.72. The van der Waals surface area contributed by atoms with Crippen LogP contribution in [-0.4, -0.2) is 30.1 Å². The highest BCUT2D eigenvalue weighted by molar-refractivity contribution is 8.13. The van der Waals surface area contributed by atoms with Crippen molar-refractivity contribution in [1.82, 2.24) is 4.90 Å². The second-order valence-corrected chi connectivity index (χ2v) is 7.34. The van der Waals surface area contributed by atoms with E-state index in [1.807, 2.05) is 37.3 Å². The fourth-order valence-corrected chi connectivity index (χ4v) is 3.25. The highest BCUT2D eigenvalue weighted by atomic mass is 32.2. The summed E-state index contributed by atoms with van der Waals surface area (Å²) in [6, 6.07) is 11.3. The molecule has 0 fully saturated rings. The molecule has 1 N–H and O–H groups in total. The standard InChI is InChI=1S/C17H18N2O2S2/c1-12-8-9-13(22-12)10-11-16(20)18-14-6-4-5-7-15(14)23-17(21)19(2)3/h4-11H,1-3H3,(H,18,20). The number of rotatable bonds is 4. The van der Waals surface area contributed by atoms with E-state index in [4.69, 9.17) is 0 Å². The van der Waals surface area contributed by atoms with Gasteiger partial charge in [0, 0.05) is 34.8 Å². The monoisotopic (exact) mass is 346 g/mol. The number of carbonyl (C=O) groups excluding carboxylic acids is 2. The van der Waals surface area contributed by atoms with Gasteiger partial charge in [-0.3, -0.25) is 9.59 Å². The van der Waals surface area contributed by atoms with Gasteiger partial charge in [-0.25, -0.2) is 0 Å². The number of hydrogen-bond acceptors (Lipinski definition) is 4. The van der Waals surface area contributed by atoms with Gasteiger partial charge in [0.15, 0.2) is 0 Å². The molecule has 0 aliphatic rings. The van der Waals surface area contributed by atoms with Crippen LogP contribution in [0, 0.1) is 6.92 Å². The number of aryl methyl sites for hydroxylation is 1. The number of thiophene rings is 1. The van der Waals surface area contributed by atoms with E-state index in [1.165, 1.54) is 15.9 Å². The zero-order valence-corrected chi connectivity index (χ0v) is 14.8. The van der Waals surface area contributed by atoms with E-state index < -0.39 is 0 Å². The zero-order chi connectivity index (χ0) is 16.8. The Morgan fingerprint density at radius 3 is 2.57 bits per heavy atom. The third kappa shape index (κ3) is 5.26. The number of amides is 2. The third-order valence-corrected chi connectivity index (χ3v) is 4.95. The molecule has 6 heteroatoms. The molecule has 0 saturated carbocycles. The van der Waals surface area contributed by atoms with Crippen molar-refractivity contribution in [2.24, 2.45) is 0 Å². The molecule has 0 spiro atoms. The number of para-hydroxylation sites is 1. The lowest BCUT2D eigenvalue weighted by atomic mass is 10.3. The first-order chi connectivity index (χ1) is 11.0. The highest BCUT2D eigenvalue weighted by Gasteiger charge is 2.11. The van der Waals surface area contributed by atoms with Crippen LogP contribution in [0.25, 0.3) is 6.08 Å². The molecule has 0 unspecified atom stereocenters. The van der Waals surface area contributed by atoms with Gasteiger partial charge in [-0.1, -0.05) is 12.1 Å². The number of anilines is 1. The van der Waals surface area contributed by atoms with Crippen molar-refractivity contribution in [2.75, 3.05) is 19.4 Å². The molecule has 1 heterocycles. The largest absolute Gasteiger partial charge is 0.339 e. The second kappa shape index (κ2) is 7.99. The normalized spacial score (nSPS) is 10.7. The van der Waals surface area contributed by atoms with Crippen molar-refractivity contribution in [2.45, 2.75) is 11.8 Å². The van der Waals surface area contributed by atoms with E-state index in [0.717, 1.165) is 21.5 Å². The van der Waals surface area contributed by atoms with Crippen LogP contribution >= 0.6 is 23.1 Å².